The van der Waals surface area contributed by atoms with E-state index in [1.54, 1.807) is 0 Å². The topological polar surface area (TPSA) is 16.4 Å². The van der Waals surface area contributed by atoms with Crippen molar-refractivity contribution in [3.8, 4) is 55.6 Å². The molecule has 1 heterocycles. The zero-order chi connectivity index (χ0) is 42.1. The van der Waals surface area contributed by atoms with Gasteiger partial charge in [0.2, 0.25) is 0 Å². The van der Waals surface area contributed by atoms with Crippen LogP contribution in [0.1, 0.15) is 25.0 Å². The fourth-order valence-electron chi connectivity index (χ4n) is 10.1. The van der Waals surface area contributed by atoms with Gasteiger partial charge in [-0.3, -0.25) is 0 Å². The molecular formula is C61H43NO. The fourth-order valence-corrected chi connectivity index (χ4v) is 10.1. The normalized spacial score (nSPS) is 12.7. The zero-order valence-corrected chi connectivity index (χ0v) is 35.2. The lowest BCUT2D eigenvalue weighted by atomic mass is 9.82. The number of furan rings is 1. The Kier molecular flexibility index (Phi) is 8.55. The van der Waals surface area contributed by atoms with E-state index in [-0.39, 0.29) is 5.41 Å². The van der Waals surface area contributed by atoms with E-state index in [9.17, 15) is 0 Å². The number of benzene rings is 10. The molecule has 0 spiro atoms. The molecule has 0 aliphatic heterocycles. The minimum absolute atomic E-state index is 0.157. The van der Waals surface area contributed by atoms with Crippen molar-refractivity contribution >= 4 is 49.8 Å². The van der Waals surface area contributed by atoms with E-state index in [0.717, 1.165) is 55.5 Å². The maximum atomic E-state index is 6.84. The van der Waals surface area contributed by atoms with Gasteiger partial charge in [-0.15, -0.1) is 0 Å². The summed E-state index contributed by atoms with van der Waals surface area (Å²) >= 11 is 0. The maximum absolute atomic E-state index is 6.84. The first kappa shape index (κ1) is 36.9. The molecule has 0 N–H and O–H groups in total. The fraction of sp³-hybridized carbons (Fsp3) is 0.0492. The van der Waals surface area contributed by atoms with Crippen LogP contribution in [0.15, 0.2) is 229 Å². The maximum Gasteiger partial charge on any atom is 0.143 e. The van der Waals surface area contributed by atoms with E-state index in [2.05, 4.69) is 243 Å². The first-order chi connectivity index (χ1) is 31.0. The molecule has 63 heavy (non-hydrogen) atoms. The standard InChI is InChI=1S/C61H43NO/c1-61(2)57-25-15-14-23-51(57)52-32-30-48(38-58(52)61)62(49-35-45(41-18-8-4-9-19-41)34-46(36-49)42-20-10-5-11-21-42)47-31-33-59-55(37-47)56-39-54(50-22-12-13-24-53(50)60(56)63-59)44-28-26-43(27-29-44)40-16-6-3-7-17-40/h3-39H,1-2H3. The Morgan fingerprint density at radius 3 is 1.52 bits per heavy atom. The zero-order valence-electron chi connectivity index (χ0n) is 35.2. The van der Waals surface area contributed by atoms with Gasteiger partial charge in [0.05, 0.1) is 0 Å². The molecule has 0 amide bonds. The van der Waals surface area contributed by atoms with Crippen molar-refractivity contribution in [2.24, 2.45) is 0 Å². The first-order valence-electron chi connectivity index (χ1n) is 21.8. The van der Waals surface area contributed by atoms with Crippen LogP contribution >= 0.6 is 0 Å². The molecule has 0 saturated carbocycles. The predicted octanol–water partition coefficient (Wildman–Crippen LogP) is 17.2. The SMILES string of the molecule is CC1(C)c2ccccc2-c2ccc(N(c3cc(-c4ccccc4)cc(-c4ccccc4)c3)c3ccc4oc5c6ccccc6c(-c6ccc(-c7ccccc7)cc6)cc5c4c3)cc21. The van der Waals surface area contributed by atoms with E-state index in [4.69, 9.17) is 4.42 Å². The van der Waals surface area contributed by atoms with E-state index in [1.807, 2.05) is 0 Å². The van der Waals surface area contributed by atoms with Crippen molar-refractivity contribution in [3.05, 3.63) is 236 Å². The summed E-state index contributed by atoms with van der Waals surface area (Å²) in [4.78, 5) is 2.45. The highest BCUT2D eigenvalue weighted by Crippen LogP contribution is 2.51. The third-order valence-corrected chi connectivity index (χ3v) is 13.2. The smallest absolute Gasteiger partial charge is 0.143 e. The predicted molar refractivity (Wildman–Crippen MR) is 265 cm³/mol. The lowest BCUT2D eigenvalue weighted by Crippen LogP contribution is -2.16. The Morgan fingerprint density at radius 2 is 0.841 bits per heavy atom. The molecule has 1 aliphatic rings. The average molecular weight is 806 g/mol. The highest BCUT2D eigenvalue weighted by Gasteiger charge is 2.36. The van der Waals surface area contributed by atoms with Crippen LogP contribution in [-0.2, 0) is 5.41 Å². The van der Waals surface area contributed by atoms with Crippen LogP contribution in [0.3, 0.4) is 0 Å². The highest BCUT2D eigenvalue weighted by molar-refractivity contribution is 6.19. The molecule has 0 fully saturated rings. The van der Waals surface area contributed by atoms with E-state index in [1.165, 1.54) is 61.0 Å². The number of hydrogen-bond acceptors (Lipinski definition) is 2. The molecule has 298 valence electrons. The van der Waals surface area contributed by atoms with Gasteiger partial charge in [0, 0.05) is 38.6 Å². The number of fused-ring (bicyclic) bond motifs is 8. The van der Waals surface area contributed by atoms with Crippen LogP contribution in [0.25, 0.3) is 88.3 Å². The monoisotopic (exact) mass is 805 g/mol. The summed E-state index contributed by atoms with van der Waals surface area (Å²) in [5.41, 5.74) is 19.6. The molecule has 12 rings (SSSR count). The second-order valence-electron chi connectivity index (χ2n) is 17.3. The molecule has 2 nitrogen and oxygen atoms in total. The van der Waals surface area contributed by atoms with Crippen molar-refractivity contribution in [2.75, 3.05) is 4.90 Å². The molecule has 11 aromatic rings. The Balaban J connectivity index is 1.08. The Labute approximate surface area is 368 Å². The van der Waals surface area contributed by atoms with Crippen LogP contribution in [0.5, 0.6) is 0 Å². The number of hydrogen-bond donors (Lipinski definition) is 0. The summed E-state index contributed by atoms with van der Waals surface area (Å²) in [5, 5.41) is 4.46. The summed E-state index contributed by atoms with van der Waals surface area (Å²) in [6.07, 6.45) is 0. The Hall–Kier alpha value is -7.94. The average Bonchev–Trinajstić information content (AvgIpc) is 3.83. The second kappa shape index (κ2) is 14.6. The lowest BCUT2D eigenvalue weighted by Gasteiger charge is -2.29. The molecule has 1 aromatic heterocycles. The van der Waals surface area contributed by atoms with E-state index in [0.29, 0.717) is 0 Å². The van der Waals surface area contributed by atoms with Crippen molar-refractivity contribution in [1.82, 2.24) is 0 Å². The third-order valence-electron chi connectivity index (χ3n) is 13.2. The van der Waals surface area contributed by atoms with Crippen LogP contribution in [0.4, 0.5) is 17.1 Å². The minimum atomic E-state index is -0.157. The van der Waals surface area contributed by atoms with Crippen LogP contribution in [0, 0.1) is 0 Å². The summed E-state index contributed by atoms with van der Waals surface area (Å²) in [5.74, 6) is 0. The number of nitrogens with zero attached hydrogens (tertiary/aromatic N) is 1. The van der Waals surface area contributed by atoms with Crippen LogP contribution < -0.4 is 4.90 Å². The van der Waals surface area contributed by atoms with Crippen molar-refractivity contribution in [2.45, 2.75) is 19.3 Å². The van der Waals surface area contributed by atoms with Crippen molar-refractivity contribution in [1.29, 1.82) is 0 Å². The second-order valence-corrected chi connectivity index (χ2v) is 17.3. The molecule has 0 radical (unpaired) electrons. The largest absolute Gasteiger partial charge is 0.455 e. The summed E-state index contributed by atoms with van der Waals surface area (Å²) in [6.45, 7) is 4.71. The van der Waals surface area contributed by atoms with Crippen molar-refractivity contribution < 1.29 is 4.42 Å². The molecule has 2 heteroatoms. The molecule has 10 aromatic carbocycles. The van der Waals surface area contributed by atoms with Gasteiger partial charge >= 0.3 is 0 Å². The molecule has 0 unspecified atom stereocenters. The van der Waals surface area contributed by atoms with Gasteiger partial charge in [-0.05, 0) is 127 Å². The minimum Gasteiger partial charge on any atom is -0.455 e. The quantitative estimate of drug-likeness (QED) is 0.160. The summed E-state index contributed by atoms with van der Waals surface area (Å²) in [7, 11) is 0. The number of rotatable bonds is 7. The van der Waals surface area contributed by atoms with Gasteiger partial charge in [0.15, 0.2) is 0 Å². The third kappa shape index (κ3) is 6.17. The molecular weight excluding hydrogens is 763 g/mol. The van der Waals surface area contributed by atoms with Gasteiger partial charge in [-0.25, -0.2) is 0 Å². The molecule has 0 atom stereocenters. The first-order valence-corrected chi connectivity index (χ1v) is 21.8. The van der Waals surface area contributed by atoms with Gasteiger partial charge < -0.3 is 9.32 Å². The van der Waals surface area contributed by atoms with Gasteiger partial charge in [0.25, 0.3) is 0 Å². The number of anilines is 3. The van der Waals surface area contributed by atoms with Crippen molar-refractivity contribution in [3.63, 3.8) is 0 Å². The highest BCUT2D eigenvalue weighted by atomic mass is 16.3. The van der Waals surface area contributed by atoms with Crippen LogP contribution in [0.2, 0.25) is 0 Å². The van der Waals surface area contributed by atoms with Gasteiger partial charge in [0.1, 0.15) is 11.2 Å². The van der Waals surface area contributed by atoms with E-state index >= 15 is 0 Å². The molecule has 0 bridgehead atoms. The molecule has 1 aliphatic carbocycles. The summed E-state index contributed by atoms with van der Waals surface area (Å²) < 4.78 is 6.84. The van der Waals surface area contributed by atoms with E-state index < -0.39 is 0 Å². The lowest BCUT2D eigenvalue weighted by molar-refractivity contribution is 0.660. The van der Waals surface area contributed by atoms with Gasteiger partial charge in [-0.2, -0.15) is 0 Å². The summed E-state index contributed by atoms with van der Waals surface area (Å²) in [6, 6.07) is 81.7. The van der Waals surface area contributed by atoms with Crippen LogP contribution in [-0.4, -0.2) is 0 Å². The van der Waals surface area contributed by atoms with Gasteiger partial charge in [-0.1, -0.05) is 184 Å². The Bertz CT molecular complexity index is 3450. The Morgan fingerprint density at radius 1 is 0.317 bits per heavy atom. The molecule has 0 saturated heterocycles.